The SMILES string of the molecule is Cc1ccc(CN2CCN(c3ncccc3Cl)CC2)cc1C(=O)N1CCN(c2ccc(F)cc2)CC1. The Morgan fingerprint density at radius 3 is 2.31 bits per heavy atom. The van der Waals surface area contributed by atoms with Crippen LogP contribution < -0.4 is 9.80 Å². The van der Waals surface area contributed by atoms with Crippen LogP contribution in [0.4, 0.5) is 15.9 Å². The zero-order valence-corrected chi connectivity index (χ0v) is 21.3. The minimum atomic E-state index is -0.234. The van der Waals surface area contributed by atoms with E-state index in [1.807, 2.05) is 24.0 Å². The van der Waals surface area contributed by atoms with Crippen molar-refractivity contribution in [3.8, 4) is 0 Å². The number of nitrogens with zero attached hydrogens (tertiary/aromatic N) is 5. The molecular formula is C28H31ClFN5O. The number of benzene rings is 2. The quantitative estimate of drug-likeness (QED) is 0.510. The standard InChI is InChI=1S/C28H31ClFN5O/c1-21-4-5-22(20-32-11-13-34(14-12-32)27-26(29)3-2-10-31-27)19-25(21)28(36)35-17-15-33(16-18-35)24-8-6-23(30)7-9-24/h2-10,19H,11-18,20H2,1H3. The van der Waals surface area contributed by atoms with E-state index in [0.29, 0.717) is 18.1 Å². The third-order valence-electron chi connectivity index (χ3n) is 7.11. The fourth-order valence-corrected chi connectivity index (χ4v) is 5.22. The van der Waals surface area contributed by atoms with Crippen molar-refractivity contribution in [3.63, 3.8) is 0 Å². The monoisotopic (exact) mass is 507 g/mol. The van der Waals surface area contributed by atoms with Gasteiger partial charge in [-0.05, 0) is 60.5 Å². The molecule has 6 nitrogen and oxygen atoms in total. The molecule has 0 N–H and O–H groups in total. The summed E-state index contributed by atoms with van der Waals surface area (Å²) in [6.07, 6.45) is 1.78. The number of aromatic nitrogens is 1. The van der Waals surface area contributed by atoms with Crippen LogP contribution in [0.5, 0.6) is 0 Å². The number of carbonyl (C=O) groups is 1. The minimum Gasteiger partial charge on any atom is -0.368 e. The summed E-state index contributed by atoms with van der Waals surface area (Å²) in [7, 11) is 0. The first-order chi connectivity index (χ1) is 17.5. The van der Waals surface area contributed by atoms with Crippen molar-refractivity contribution < 1.29 is 9.18 Å². The molecule has 36 heavy (non-hydrogen) atoms. The molecule has 2 aromatic carbocycles. The molecule has 0 radical (unpaired) electrons. The third-order valence-corrected chi connectivity index (χ3v) is 7.40. The minimum absolute atomic E-state index is 0.0859. The molecule has 0 spiro atoms. The third kappa shape index (κ3) is 5.47. The highest BCUT2D eigenvalue weighted by Gasteiger charge is 2.24. The van der Waals surface area contributed by atoms with Crippen LogP contribution in [0.3, 0.4) is 0 Å². The van der Waals surface area contributed by atoms with Crippen molar-refractivity contribution >= 4 is 29.0 Å². The Morgan fingerprint density at radius 1 is 0.917 bits per heavy atom. The largest absolute Gasteiger partial charge is 0.368 e. The number of rotatable bonds is 5. The zero-order chi connectivity index (χ0) is 25.1. The van der Waals surface area contributed by atoms with Crippen LogP contribution in [-0.2, 0) is 6.54 Å². The highest BCUT2D eigenvalue weighted by Crippen LogP contribution is 2.24. The van der Waals surface area contributed by atoms with Gasteiger partial charge < -0.3 is 14.7 Å². The van der Waals surface area contributed by atoms with Gasteiger partial charge in [-0.3, -0.25) is 9.69 Å². The fraction of sp³-hybridized carbons (Fsp3) is 0.357. The smallest absolute Gasteiger partial charge is 0.254 e. The Labute approximate surface area is 216 Å². The van der Waals surface area contributed by atoms with Crippen LogP contribution in [-0.4, -0.2) is 73.0 Å². The number of carbonyl (C=O) groups excluding carboxylic acids is 1. The number of aryl methyl sites for hydroxylation is 1. The van der Waals surface area contributed by atoms with Gasteiger partial charge in [-0.15, -0.1) is 0 Å². The predicted molar refractivity (Wildman–Crippen MR) is 142 cm³/mol. The van der Waals surface area contributed by atoms with Gasteiger partial charge in [-0.25, -0.2) is 9.37 Å². The van der Waals surface area contributed by atoms with Crippen LogP contribution in [0.2, 0.25) is 5.02 Å². The number of amides is 1. The molecule has 2 fully saturated rings. The predicted octanol–water partition coefficient (Wildman–Crippen LogP) is 4.47. The van der Waals surface area contributed by atoms with Crippen LogP contribution in [0.1, 0.15) is 21.5 Å². The summed E-state index contributed by atoms with van der Waals surface area (Å²) in [6, 6.07) is 16.5. The number of hydrogen-bond acceptors (Lipinski definition) is 5. The van der Waals surface area contributed by atoms with E-state index in [2.05, 4.69) is 37.9 Å². The van der Waals surface area contributed by atoms with Gasteiger partial charge in [0.2, 0.25) is 0 Å². The highest BCUT2D eigenvalue weighted by molar-refractivity contribution is 6.32. The van der Waals surface area contributed by atoms with E-state index in [1.165, 1.54) is 12.1 Å². The number of pyridine rings is 1. The van der Waals surface area contributed by atoms with Crippen LogP contribution >= 0.6 is 11.6 Å². The van der Waals surface area contributed by atoms with Crippen LogP contribution in [0, 0.1) is 12.7 Å². The van der Waals surface area contributed by atoms with Crippen molar-refractivity contribution in [3.05, 3.63) is 88.3 Å². The van der Waals surface area contributed by atoms with Gasteiger partial charge in [-0.1, -0.05) is 23.7 Å². The second-order valence-corrected chi connectivity index (χ2v) is 9.88. The molecule has 3 heterocycles. The van der Waals surface area contributed by atoms with Crippen LogP contribution in [0.15, 0.2) is 60.8 Å². The normalized spacial score (nSPS) is 16.9. The van der Waals surface area contributed by atoms with Gasteiger partial charge in [0.05, 0.1) is 5.02 Å². The average Bonchev–Trinajstić information content (AvgIpc) is 2.91. The van der Waals surface area contributed by atoms with Crippen molar-refractivity contribution in [2.24, 2.45) is 0 Å². The average molecular weight is 508 g/mol. The Hall–Kier alpha value is -3.16. The van der Waals surface area contributed by atoms with Gasteiger partial charge in [0.15, 0.2) is 0 Å². The Bertz CT molecular complexity index is 1200. The summed E-state index contributed by atoms with van der Waals surface area (Å²) < 4.78 is 13.2. The zero-order valence-electron chi connectivity index (χ0n) is 20.5. The molecule has 1 aromatic heterocycles. The van der Waals surface area contributed by atoms with E-state index < -0.39 is 0 Å². The first-order valence-corrected chi connectivity index (χ1v) is 12.8. The first-order valence-electron chi connectivity index (χ1n) is 12.4. The molecule has 5 rings (SSSR count). The lowest BCUT2D eigenvalue weighted by Crippen LogP contribution is -2.49. The van der Waals surface area contributed by atoms with Gasteiger partial charge in [-0.2, -0.15) is 0 Å². The van der Waals surface area contributed by atoms with E-state index in [1.54, 1.807) is 18.3 Å². The molecule has 188 valence electrons. The molecule has 0 aliphatic carbocycles. The Kier molecular flexibility index (Phi) is 7.39. The van der Waals surface area contributed by atoms with E-state index in [4.69, 9.17) is 11.6 Å². The van der Waals surface area contributed by atoms with Gasteiger partial charge in [0.25, 0.3) is 5.91 Å². The van der Waals surface area contributed by atoms with E-state index in [-0.39, 0.29) is 11.7 Å². The summed E-state index contributed by atoms with van der Waals surface area (Å²) >= 11 is 6.32. The molecule has 2 saturated heterocycles. The molecule has 0 unspecified atom stereocenters. The lowest BCUT2D eigenvalue weighted by Gasteiger charge is -2.36. The maximum Gasteiger partial charge on any atom is 0.254 e. The Morgan fingerprint density at radius 2 is 1.61 bits per heavy atom. The fourth-order valence-electron chi connectivity index (χ4n) is 4.97. The second kappa shape index (κ2) is 10.8. The molecule has 0 atom stereocenters. The Balaban J connectivity index is 1.18. The maximum absolute atomic E-state index is 13.4. The van der Waals surface area contributed by atoms with Crippen molar-refractivity contribution in [1.29, 1.82) is 0 Å². The number of piperazine rings is 2. The van der Waals surface area contributed by atoms with Crippen molar-refractivity contribution in [1.82, 2.24) is 14.8 Å². The molecule has 8 heteroatoms. The molecule has 2 aliphatic rings. The van der Waals surface area contributed by atoms with Crippen molar-refractivity contribution in [2.45, 2.75) is 13.5 Å². The van der Waals surface area contributed by atoms with Crippen LogP contribution in [0.25, 0.3) is 0 Å². The lowest BCUT2D eigenvalue weighted by atomic mass is 10.0. The van der Waals surface area contributed by atoms with Gasteiger partial charge in [0, 0.05) is 76.4 Å². The van der Waals surface area contributed by atoms with E-state index >= 15 is 0 Å². The summed E-state index contributed by atoms with van der Waals surface area (Å²) in [5.41, 5.74) is 3.92. The summed E-state index contributed by atoms with van der Waals surface area (Å²) in [4.78, 5) is 26.6. The maximum atomic E-state index is 13.4. The lowest BCUT2D eigenvalue weighted by molar-refractivity contribution is 0.0746. The van der Waals surface area contributed by atoms with Gasteiger partial charge in [0.1, 0.15) is 11.6 Å². The second-order valence-electron chi connectivity index (χ2n) is 9.48. The molecule has 0 bridgehead atoms. The highest BCUT2D eigenvalue weighted by atomic mass is 35.5. The van der Waals surface area contributed by atoms with Gasteiger partial charge >= 0.3 is 0 Å². The first kappa shape index (κ1) is 24.5. The molecule has 1 amide bonds. The number of halogens is 2. The van der Waals surface area contributed by atoms with E-state index in [9.17, 15) is 9.18 Å². The molecule has 2 aliphatic heterocycles. The summed E-state index contributed by atoms with van der Waals surface area (Å²) in [6.45, 7) is 9.14. The number of anilines is 2. The number of hydrogen-bond donors (Lipinski definition) is 0. The summed E-state index contributed by atoms with van der Waals surface area (Å²) in [5, 5.41) is 0.686. The van der Waals surface area contributed by atoms with E-state index in [0.717, 1.165) is 74.0 Å². The van der Waals surface area contributed by atoms with Crippen molar-refractivity contribution in [2.75, 3.05) is 62.2 Å². The topological polar surface area (TPSA) is 42.9 Å². The molecule has 3 aromatic rings. The molecule has 0 saturated carbocycles. The molecular weight excluding hydrogens is 477 g/mol. The summed E-state index contributed by atoms with van der Waals surface area (Å²) in [5.74, 6) is 0.701.